The van der Waals surface area contributed by atoms with Gasteiger partial charge in [-0.2, -0.15) is 5.26 Å². The van der Waals surface area contributed by atoms with Crippen molar-refractivity contribution in [3.05, 3.63) is 54.2 Å². The second kappa shape index (κ2) is 11.0. The number of nitrogens with zero attached hydrogens (tertiary/aromatic N) is 5. The van der Waals surface area contributed by atoms with Crippen molar-refractivity contribution in [2.24, 2.45) is 0 Å². The van der Waals surface area contributed by atoms with Gasteiger partial charge in [-0.3, -0.25) is 4.79 Å². The number of piperidine rings is 1. The first-order chi connectivity index (χ1) is 18.0. The lowest BCUT2D eigenvalue weighted by Gasteiger charge is -2.39. The Morgan fingerprint density at radius 3 is 2.78 bits per heavy atom. The number of hydrogen-bond acceptors (Lipinski definition) is 9. The first-order valence-corrected chi connectivity index (χ1v) is 12.5. The molecule has 0 spiro atoms. The van der Waals surface area contributed by atoms with Crippen LogP contribution in [0, 0.1) is 11.3 Å². The van der Waals surface area contributed by atoms with Crippen LogP contribution in [0.3, 0.4) is 0 Å². The van der Waals surface area contributed by atoms with Gasteiger partial charge in [0, 0.05) is 32.2 Å². The third-order valence-electron chi connectivity index (χ3n) is 6.95. The van der Waals surface area contributed by atoms with Crippen molar-refractivity contribution in [3.8, 4) is 17.7 Å². The minimum atomic E-state index is -0.438. The number of aromatic nitrogens is 1. The van der Waals surface area contributed by atoms with Crippen LogP contribution in [0.15, 0.2) is 43.0 Å². The molecule has 3 aliphatic rings. The summed E-state index contributed by atoms with van der Waals surface area (Å²) >= 11 is 0. The third-order valence-corrected chi connectivity index (χ3v) is 6.95. The van der Waals surface area contributed by atoms with E-state index in [0.29, 0.717) is 43.5 Å². The van der Waals surface area contributed by atoms with E-state index in [2.05, 4.69) is 27.8 Å². The summed E-state index contributed by atoms with van der Waals surface area (Å²) in [6, 6.07) is 11.7. The van der Waals surface area contributed by atoms with Crippen molar-refractivity contribution in [2.45, 2.75) is 25.4 Å². The summed E-state index contributed by atoms with van der Waals surface area (Å²) in [5.41, 5.74) is 3.09. The molecule has 1 N–H and O–H groups in total. The van der Waals surface area contributed by atoms with Crippen LogP contribution in [0.1, 0.15) is 24.1 Å². The quantitative estimate of drug-likeness (QED) is 0.427. The highest BCUT2D eigenvalue weighted by Crippen LogP contribution is 2.34. The van der Waals surface area contributed by atoms with Gasteiger partial charge in [0.25, 0.3) is 5.88 Å². The van der Waals surface area contributed by atoms with E-state index >= 15 is 0 Å². The Balaban J connectivity index is 1.13. The van der Waals surface area contributed by atoms with Gasteiger partial charge in [0.15, 0.2) is 12.4 Å². The number of esters is 1. The van der Waals surface area contributed by atoms with Crippen LogP contribution in [-0.4, -0.2) is 73.7 Å². The molecule has 3 aliphatic heterocycles. The minimum Gasteiger partial charge on any atom is -0.476 e. The van der Waals surface area contributed by atoms with Crippen LogP contribution >= 0.6 is 0 Å². The molecule has 0 atom stereocenters. The largest absolute Gasteiger partial charge is 0.476 e. The smallest absolute Gasteiger partial charge is 0.351 e. The molecule has 0 radical (unpaired) electrons. The van der Waals surface area contributed by atoms with Gasteiger partial charge >= 0.3 is 5.97 Å². The van der Waals surface area contributed by atoms with Crippen LogP contribution < -0.4 is 24.6 Å². The molecule has 1 fully saturated rings. The number of nitriles is 1. The fourth-order valence-electron chi connectivity index (χ4n) is 4.98. The van der Waals surface area contributed by atoms with E-state index in [4.69, 9.17) is 9.47 Å². The number of hydrogen-bond donors (Lipinski definition) is 1. The van der Waals surface area contributed by atoms with Crippen LogP contribution in [0.2, 0.25) is 0 Å². The van der Waals surface area contributed by atoms with Crippen LogP contribution in [0.25, 0.3) is 0 Å². The lowest BCUT2D eigenvalue weighted by molar-refractivity contribution is -0.139. The normalized spacial score (nSPS) is 17.9. The van der Waals surface area contributed by atoms with Crippen LogP contribution in [0.5, 0.6) is 11.6 Å². The first-order valence-electron chi connectivity index (χ1n) is 12.5. The van der Waals surface area contributed by atoms with E-state index in [9.17, 15) is 14.9 Å². The number of benzene rings is 1. The number of carbonyl (C=O) groups is 2. The predicted molar refractivity (Wildman–Crippen MR) is 138 cm³/mol. The molecule has 0 unspecified atom stereocenters. The summed E-state index contributed by atoms with van der Waals surface area (Å²) in [6.07, 6.45) is 3.76. The third kappa shape index (κ3) is 5.58. The molecule has 1 aromatic carbocycles. The van der Waals surface area contributed by atoms with E-state index in [-0.39, 0.29) is 18.4 Å². The number of likely N-dealkylation sites (tertiary alicyclic amines) is 1. The van der Waals surface area contributed by atoms with Crippen molar-refractivity contribution in [2.75, 3.05) is 55.7 Å². The molecule has 5 rings (SSSR count). The maximum absolute atomic E-state index is 13.0. The SMILES string of the molecule is C=CCN1CC(=O)N(CCN2CCC(NCc3ccc4c(n3)OC(=O)CO4)CC2)c2cc(C#N)ccc21. The Kier molecular flexibility index (Phi) is 7.35. The molecule has 0 bridgehead atoms. The Labute approximate surface area is 216 Å². The summed E-state index contributed by atoms with van der Waals surface area (Å²) in [5.74, 6) is 0.318. The highest BCUT2D eigenvalue weighted by molar-refractivity contribution is 6.03. The van der Waals surface area contributed by atoms with Gasteiger partial charge in [-0.15, -0.1) is 6.58 Å². The van der Waals surface area contributed by atoms with Crippen molar-refractivity contribution in [3.63, 3.8) is 0 Å². The molecule has 37 heavy (non-hydrogen) atoms. The lowest BCUT2D eigenvalue weighted by Crippen LogP contribution is -2.50. The zero-order valence-corrected chi connectivity index (χ0v) is 20.7. The van der Waals surface area contributed by atoms with Gasteiger partial charge < -0.3 is 29.5 Å². The molecular formula is C27H30N6O4. The average molecular weight is 503 g/mol. The molecule has 4 heterocycles. The fraction of sp³-hybridized carbons (Fsp3) is 0.407. The second-order valence-electron chi connectivity index (χ2n) is 9.40. The van der Waals surface area contributed by atoms with Crippen molar-refractivity contribution in [1.82, 2.24) is 15.2 Å². The van der Waals surface area contributed by atoms with Gasteiger partial charge in [-0.25, -0.2) is 9.78 Å². The zero-order chi connectivity index (χ0) is 25.8. The van der Waals surface area contributed by atoms with Gasteiger partial charge in [0.2, 0.25) is 5.91 Å². The maximum Gasteiger partial charge on any atom is 0.351 e. The molecule has 1 saturated heterocycles. The summed E-state index contributed by atoms with van der Waals surface area (Å²) in [5, 5.41) is 12.9. The van der Waals surface area contributed by atoms with E-state index in [1.165, 1.54) is 0 Å². The molecule has 192 valence electrons. The van der Waals surface area contributed by atoms with Gasteiger partial charge in [-0.05, 0) is 56.3 Å². The van der Waals surface area contributed by atoms with E-state index in [0.717, 1.165) is 49.5 Å². The molecule has 1 amide bonds. The number of rotatable bonds is 8. The topological polar surface area (TPSA) is 111 Å². The van der Waals surface area contributed by atoms with Gasteiger partial charge in [0.05, 0.1) is 35.2 Å². The molecule has 10 heteroatoms. The number of fused-ring (bicyclic) bond motifs is 2. The zero-order valence-electron chi connectivity index (χ0n) is 20.7. The monoisotopic (exact) mass is 502 g/mol. The summed E-state index contributed by atoms with van der Waals surface area (Å²) in [7, 11) is 0. The van der Waals surface area contributed by atoms with E-state index in [1.807, 2.05) is 21.9 Å². The van der Waals surface area contributed by atoms with E-state index in [1.54, 1.807) is 24.3 Å². The highest BCUT2D eigenvalue weighted by atomic mass is 16.6. The molecule has 2 aromatic rings. The first kappa shape index (κ1) is 24.7. The molecular weight excluding hydrogens is 472 g/mol. The minimum absolute atomic E-state index is 0.0367. The molecule has 0 saturated carbocycles. The maximum atomic E-state index is 13.0. The number of anilines is 2. The predicted octanol–water partition coefficient (Wildman–Crippen LogP) is 1.84. The molecule has 10 nitrogen and oxygen atoms in total. The number of nitrogens with one attached hydrogen (secondary N) is 1. The Bertz CT molecular complexity index is 1230. The van der Waals surface area contributed by atoms with E-state index < -0.39 is 5.97 Å². The average Bonchev–Trinajstić information content (AvgIpc) is 2.91. The summed E-state index contributed by atoms with van der Waals surface area (Å²) < 4.78 is 10.5. The summed E-state index contributed by atoms with van der Waals surface area (Å²) in [6.45, 7) is 8.39. The number of amides is 1. The summed E-state index contributed by atoms with van der Waals surface area (Å²) in [4.78, 5) is 35.0. The number of carbonyl (C=O) groups excluding carboxylic acids is 2. The van der Waals surface area contributed by atoms with Gasteiger partial charge in [0.1, 0.15) is 0 Å². The second-order valence-corrected chi connectivity index (χ2v) is 9.40. The standard InChI is InChI=1S/C27H30N6O4/c1-2-9-32-17-25(34)33(23-14-19(15-28)3-5-22(23)32)13-12-31-10-7-20(8-11-31)29-16-21-4-6-24-27(30-21)37-26(35)18-36-24/h2-6,14,20,29H,1,7-13,16-18H2. The Hall–Kier alpha value is -3.94. The number of pyridine rings is 1. The number of ether oxygens (including phenoxy) is 2. The van der Waals surface area contributed by atoms with Crippen LogP contribution in [0.4, 0.5) is 11.4 Å². The van der Waals surface area contributed by atoms with Crippen molar-refractivity contribution < 1.29 is 19.1 Å². The molecule has 0 aliphatic carbocycles. The van der Waals surface area contributed by atoms with Crippen molar-refractivity contribution >= 4 is 23.3 Å². The van der Waals surface area contributed by atoms with Crippen LogP contribution in [-0.2, 0) is 16.1 Å². The van der Waals surface area contributed by atoms with Crippen molar-refractivity contribution in [1.29, 1.82) is 5.26 Å². The lowest BCUT2D eigenvalue weighted by atomic mass is 10.0. The fourth-order valence-corrected chi connectivity index (χ4v) is 4.98. The molecule has 1 aromatic heterocycles. The highest BCUT2D eigenvalue weighted by Gasteiger charge is 2.30. The Morgan fingerprint density at radius 1 is 1.16 bits per heavy atom. The Morgan fingerprint density at radius 2 is 2.00 bits per heavy atom. The van der Waals surface area contributed by atoms with Gasteiger partial charge in [-0.1, -0.05) is 6.08 Å².